The van der Waals surface area contributed by atoms with Crippen LogP contribution < -0.4 is 5.32 Å². The van der Waals surface area contributed by atoms with E-state index in [0.717, 1.165) is 0 Å². The summed E-state index contributed by atoms with van der Waals surface area (Å²) in [6, 6.07) is 8.74. The quantitative estimate of drug-likeness (QED) is 0.612. The summed E-state index contributed by atoms with van der Waals surface area (Å²) in [4.78, 5) is 21.7. The number of hydrogen-bond donors (Lipinski definition) is 2. The van der Waals surface area contributed by atoms with Gasteiger partial charge in [-0.2, -0.15) is 0 Å². The molecular weight excluding hydrogens is 364 g/mol. The van der Waals surface area contributed by atoms with Crippen LogP contribution in [0.1, 0.15) is 10.4 Å². The number of carboxylic acid groups (broad SMARTS) is 1. The molecule has 0 radical (unpaired) electrons. The number of nitro benzene ring substituents is 1. The minimum Gasteiger partial charge on any atom is -0.478 e. The smallest absolute Gasteiger partial charge is 0.338 e. The van der Waals surface area contributed by atoms with Crippen LogP contribution in [0.15, 0.2) is 40.9 Å². The highest BCUT2D eigenvalue weighted by molar-refractivity contribution is 9.10. The first kappa shape index (κ1) is 15.3. The number of nitro groups is 1. The van der Waals surface area contributed by atoms with Gasteiger partial charge in [-0.05, 0) is 34.1 Å². The zero-order valence-electron chi connectivity index (χ0n) is 10.3. The van der Waals surface area contributed by atoms with Crippen molar-refractivity contribution in [1.82, 2.24) is 0 Å². The van der Waals surface area contributed by atoms with Crippen molar-refractivity contribution in [2.45, 2.75) is 0 Å². The second-order valence-electron chi connectivity index (χ2n) is 3.99. The molecule has 0 bridgehead atoms. The monoisotopic (exact) mass is 370 g/mol. The number of halogens is 2. The Morgan fingerprint density at radius 2 is 1.95 bits per heavy atom. The number of benzene rings is 2. The molecule has 0 aromatic heterocycles. The first-order chi connectivity index (χ1) is 9.91. The maximum absolute atomic E-state index is 11.2. The first-order valence-electron chi connectivity index (χ1n) is 5.63. The van der Waals surface area contributed by atoms with Gasteiger partial charge < -0.3 is 10.4 Å². The van der Waals surface area contributed by atoms with Gasteiger partial charge in [0.2, 0.25) is 0 Å². The van der Waals surface area contributed by atoms with Crippen LogP contribution in [0, 0.1) is 10.1 Å². The van der Waals surface area contributed by atoms with Crippen LogP contribution in [-0.2, 0) is 0 Å². The van der Waals surface area contributed by atoms with Crippen LogP contribution in [0.2, 0.25) is 5.02 Å². The highest BCUT2D eigenvalue weighted by Gasteiger charge is 2.22. The van der Waals surface area contributed by atoms with Crippen molar-refractivity contribution >= 4 is 50.6 Å². The molecule has 21 heavy (non-hydrogen) atoms. The highest BCUT2D eigenvalue weighted by Crippen LogP contribution is 2.36. The van der Waals surface area contributed by atoms with E-state index in [-0.39, 0.29) is 16.9 Å². The zero-order chi connectivity index (χ0) is 15.6. The number of hydrogen-bond acceptors (Lipinski definition) is 4. The van der Waals surface area contributed by atoms with E-state index in [1.807, 2.05) is 0 Å². The molecule has 0 saturated heterocycles. The standard InChI is InChI=1S/C13H8BrClN2O4/c14-11-8(15)4-2-5-9(11)16-12-7(13(18)19)3-1-6-10(12)17(20)21/h1-6,16H,(H,18,19). The minimum absolute atomic E-state index is 0.0991. The van der Waals surface area contributed by atoms with Crippen LogP contribution in [0.5, 0.6) is 0 Å². The Morgan fingerprint density at radius 3 is 2.57 bits per heavy atom. The van der Waals surface area contributed by atoms with Crippen molar-refractivity contribution in [2.75, 3.05) is 5.32 Å². The Kier molecular flexibility index (Phi) is 4.44. The van der Waals surface area contributed by atoms with E-state index in [1.165, 1.54) is 18.2 Å². The second kappa shape index (κ2) is 6.11. The summed E-state index contributed by atoms with van der Waals surface area (Å²) in [5.41, 5.74) is -0.199. The lowest BCUT2D eigenvalue weighted by Crippen LogP contribution is -2.06. The predicted octanol–water partition coefficient (Wildman–Crippen LogP) is 4.45. The lowest BCUT2D eigenvalue weighted by atomic mass is 10.1. The Bertz CT molecular complexity index is 704. The van der Waals surface area contributed by atoms with Gasteiger partial charge in [0, 0.05) is 6.07 Å². The molecule has 0 spiro atoms. The molecule has 0 heterocycles. The fourth-order valence-electron chi connectivity index (χ4n) is 1.74. The topological polar surface area (TPSA) is 92.5 Å². The molecule has 0 unspecified atom stereocenters. The maximum atomic E-state index is 11.2. The molecule has 0 saturated carbocycles. The summed E-state index contributed by atoms with van der Waals surface area (Å²) in [5, 5.41) is 23.4. The molecule has 0 aliphatic carbocycles. The molecule has 8 heteroatoms. The van der Waals surface area contributed by atoms with Gasteiger partial charge in [0.05, 0.1) is 25.7 Å². The summed E-state index contributed by atoms with van der Waals surface area (Å²) >= 11 is 9.20. The number of nitrogens with zero attached hydrogens (tertiary/aromatic N) is 1. The molecule has 0 aliphatic heterocycles. The summed E-state index contributed by atoms with van der Waals surface area (Å²) in [5.74, 6) is -1.26. The van der Waals surface area contributed by atoms with E-state index >= 15 is 0 Å². The van der Waals surface area contributed by atoms with Crippen LogP contribution >= 0.6 is 27.5 Å². The number of para-hydroxylation sites is 1. The normalized spacial score (nSPS) is 10.2. The number of carbonyl (C=O) groups is 1. The minimum atomic E-state index is -1.26. The van der Waals surface area contributed by atoms with Crippen molar-refractivity contribution in [3.8, 4) is 0 Å². The molecule has 2 rings (SSSR count). The lowest BCUT2D eigenvalue weighted by Gasteiger charge is -2.12. The predicted molar refractivity (Wildman–Crippen MR) is 82.5 cm³/mol. The van der Waals surface area contributed by atoms with Crippen LogP contribution in [0.4, 0.5) is 17.1 Å². The SMILES string of the molecule is O=C(O)c1cccc([N+](=O)[O-])c1Nc1cccc(Cl)c1Br. The van der Waals surface area contributed by atoms with Gasteiger partial charge in [-0.3, -0.25) is 10.1 Å². The van der Waals surface area contributed by atoms with Gasteiger partial charge in [-0.25, -0.2) is 4.79 Å². The summed E-state index contributed by atoms with van der Waals surface area (Å²) < 4.78 is 0.487. The number of aromatic carboxylic acids is 1. The molecule has 0 amide bonds. The summed E-state index contributed by atoms with van der Waals surface area (Å²) in [6.07, 6.45) is 0. The number of carboxylic acids is 1. The van der Waals surface area contributed by atoms with Gasteiger partial charge >= 0.3 is 5.97 Å². The third-order valence-electron chi connectivity index (χ3n) is 2.68. The third kappa shape index (κ3) is 3.14. The van der Waals surface area contributed by atoms with Crippen LogP contribution in [-0.4, -0.2) is 16.0 Å². The van der Waals surface area contributed by atoms with E-state index in [1.54, 1.807) is 18.2 Å². The molecule has 2 aromatic rings. The highest BCUT2D eigenvalue weighted by atomic mass is 79.9. The molecular formula is C13H8BrClN2O4. The van der Waals surface area contributed by atoms with Crippen molar-refractivity contribution < 1.29 is 14.8 Å². The van der Waals surface area contributed by atoms with Crippen LogP contribution in [0.25, 0.3) is 0 Å². The van der Waals surface area contributed by atoms with E-state index < -0.39 is 10.9 Å². The lowest BCUT2D eigenvalue weighted by molar-refractivity contribution is -0.383. The third-order valence-corrected chi connectivity index (χ3v) is 4.08. The molecule has 0 aliphatic rings. The molecule has 108 valence electrons. The number of anilines is 2. The Balaban J connectivity index is 2.59. The molecule has 2 aromatic carbocycles. The Morgan fingerprint density at radius 1 is 1.29 bits per heavy atom. The fraction of sp³-hybridized carbons (Fsp3) is 0. The van der Waals surface area contributed by atoms with E-state index in [2.05, 4.69) is 21.2 Å². The average molecular weight is 372 g/mol. The Labute approximate surface area is 132 Å². The molecule has 2 N–H and O–H groups in total. The van der Waals surface area contributed by atoms with E-state index in [9.17, 15) is 20.0 Å². The first-order valence-corrected chi connectivity index (χ1v) is 6.80. The zero-order valence-corrected chi connectivity index (χ0v) is 12.7. The largest absolute Gasteiger partial charge is 0.478 e. The second-order valence-corrected chi connectivity index (χ2v) is 5.19. The van der Waals surface area contributed by atoms with Crippen molar-refractivity contribution in [3.63, 3.8) is 0 Å². The van der Waals surface area contributed by atoms with Gasteiger partial charge in [0.15, 0.2) is 0 Å². The average Bonchev–Trinajstić information content (AvgIpc) is 2.43. The van der Waals surface area contributed by atoms with Crippen molar-refractivity contribution in [2.24, 2.45) is 0 Å². The number of nitrogens with one attached hydrogen (secondary N) is 1. The van der Waals surface area contributed by atoms with Gasteiger partial charge in [0.25, 0.3) is 5.69 Å². The Hall–Kier alpha value is -2.12. The summed E-state index contributed by atoms with van der Waals surface area (Å²) in [6.45, 7) is 0. The van der Waals surface area contributed by atoms with Gasteiger partial charge in [0.1, 0.15) is 5.69 Å². The van der Waals surface area contributed by atoms with Crippen LogP contribution in [0.3, 0.4) is 0 Å². The van der Waals surface area contributed by atoms with Gasteiger partial charge in [-0.1, -0.05) is 23.7 Å². The van der Waals surface area contributed by atoms with Crippen molar-refractivity contribution in [3.05, 3.63) is 61.6 Å². The van der Waals surface area contributed by atoms with Crippen molar-refractivity contribution in [1.29, 1.82) is 0 Å². The molecule has 6 nitrogen and oxygen atoms in total. The fourth-order valence-corrected chi connectivity index (χ4v) is 2.27. The maximum Gasteiger partial charge on any atom is 0.338 e. The molecule has 0 atom stereocenters. The van der Waals surface area contributed by atoms with E-state index in [4.69, 9.17) is 11.6 Å². The van der Waals surface area contributed by atoms with Gasteiger partial charge in [-0.15, -0.1) is 0 Å². The molecule has 0 fully saturated rings. The number of rotatable bonds is 4. The summed E-state index contributed by atoms with van der Waals surface area (Å²) in [7, 11) is 0. The van der Waals surface area contributed by atoms with E-state index in [0.29, 0.717) is 15.2 Å².